The predicted molar refractivity (Wildman–Crippen MR) is 200 cm³/mol. The topological polar surface area (TPSA) is 25.8 Å². The van der Waals surface area contributed by atoms with Crippen LogP contribution in [0, 0.1) is 0 Å². The zero-order valence-electron chi connectivity index (χ0n) is 25.8. The van der Waals surface area contributed by atoms with Gasteiger partial charge in [0.05, 0.1) is 16.6 Å². The van der Waals surface area contributed by atoms with E-state index in [9.17, 15) is 0 Å². The molecule has 2 aliphatic rings. The molecule has 0 bridgehead atoms. The molecule has 0 aliphatic heterocycles. The van der Waals surface area contributed by atoms with Gasteiger partial charge in [0.1, 0.15) is 0 Å². The molecule has 2 aliphatic carbocycles. The summed E-state index contributed by atoms with van der Waals surface area (Å²) in [6.07, 6.45) is 0. The summed E-state index contributed by atoms with van der Waals surface area (Å²) in [5.41, 5.74) is 13.0. The standard InChI is InChI=1S/C45H26N2S/c1-2-15-28-27(13-1)14-11-20-31(28)42-32-18-5-9-25-38(32)46-44(47-42)34-21-12-24-37-40(34)43-41(33-19-6-10-26-39(33)48-43)45(37)35-22-7-3-16-29(35)30-17-4-8-23-36(30)45/h1-26H. The molecular weight excluding hydrogens is 601 g/mol. The highest BCUT2D eigenvalue weighted by atomic mass is 32.1. The van der Waals surface area contributed by atoms with Crippen molar-refractivity contribution in [3.63, 3.8) is 0 Å². The van der Waals surface area contributed by atoms with Crippen LogP contribution in [0.3, 0.4) is 0 Å². The lowest BCUT2D eigenvalue weighted by Crippen LogP contribution is -2.25. The SMILES string of the molecule is c1ccc2c(c1)-c1ccccc1C21c2cccc(-c3nc(-c4cccc5ccccc45)c4ccccc4n3)c2-c2sc3ccccc3c21. The van der Waals surface area contributed by atoms with E-state index in [1.165, 1.54) is 64.7 Å². The van der Waals surface area contributed by atoms with Gasteiger partial charge in [-0.15, -0.1) is 11.3 Å². The van der Waals surface area contributed by atoms with Crippen molar-refractivity contribution in [2.45, 2.75) is 5.41 Å². The minimum Gasteiger partial charge on any atom is -0.228 e. The summed E-state index contributed by atoms with van der Waals surface area (Å²) in [6, 6.07) is 57.3. The van der Waals surface area contributed by atoms with Gasteiger partial charge in [-0.2, -0.15) is 0 Å². The van der Waals surface area contributed by atoms with Gasteiger partial charge in [-0.3, -0.25) is 0 Å². The second-order valence-corrected chi connectivity index (χ2v) is 13.9. The van der Waals surface area contributed by atoms with E-state index in [1.807, 2.05) is 11.3 Å². The molecule has 9 aromatic rings. The van der Waals surface area contributed by atoms with E-state index >= 15 is 0 Å². The maximum atomic E-state index is 5.49. The van der Waals surface area contributed by atoms with Crippen LogP contribution in [-0.4, -0.2) is 9.97 Å². The molecule has 11 rings (SSSR count). The zero-order valence-corrected chi connectivity index (χ0v) is 26.6. The van der Waals surface area contributed by atoms with Crippen molar-refractivity contribution in [1.29, 1.82) is 0 Å². The Bertz CT molecular complexity index is 2760. The quantitative estimate of drug-likeness (QED) is 0.191. The first-order valence-corrected chi connectivity index (χ1v) is 17.2. The van der Waals surface area contributed by atoms with Gasteiger partial charge in [0.2, 0.25) is 0 Å². The molecule has 0 fully saturated rings. The zero-order chi connectivity index (χ0) is 31.4. The number of hydrogen-bond donors (Lipinski definition) is 0. The lowest BCUT2D eigenvalue weighted by molar-refractivity contribution is 0.803. The van der Waals surface area contributed by atoms with E-state index in [-0.39, 0.29) is 0 Å². The molecule has 7 aromatic carbocycles. The van der Waals surface area contributed by atoms with Crippen LogP contribution in [0.4, 0.5) is 0 Å². The van der Waals surface area contributed by atoms with E-state index in [0.29, 0.717) is 0 Å². The van der Waals surface area contributed by atoms with Crippen LogP contribution in [-0.2, 0) is 5.41 Å². The van der Waals surface area contributed by atoms with Gasteiger partial charge in [-0.05, 0) is 61.7 Å². The summed E-state index contributed by atoms with van der Waals surface area (Å²) >= 11 is 1.90. The molecule has 3 heteroatoms. The van der Waals surface area contributed by atoms with Crippen molar-refractivity contribution in [3.8, 4) is 44.2 Å². The molecular formula is C45H26N2S. The first-order chi connectivity index (χ1) is 23.8. The van der Waals surface area contributed by atoms with Crippen molar-refractivity contribution in [2.24, 2.45) is 0 Å². The Labute approximate surface area is 281 Å². The van der Waals surface area contributed by atoms with Crippen LogP contribution < -0.4 is 0 Å². The van der Waals surface area contributed by atoms with E-state index in [1.54, 1.807) is 0 Å². The first kappa shape index (κ1) is 26.2. The molecule has 0 saturated carbocycles. The van der Waals surface area contributed by atoms with Crippen molar-refractivity contribution >= 4 is 43.1 Å². The molecule has 0 atom stereocenters. The second kappa shape index (κ2) is 9.57. The monoisotopic (exact) mass is 626 g/mol. The number of aromatic nitrogens is 2. The van der Waals surface area contributed by atoms with E-state index in [0.717, 1.165) is 33.5 Å². The summed E-state index contributed by atoms with van der Waals surface area (Å²) in [6.45, 7) is 0. The average molecular weight is 627 g/mol. The van der Waals surface area contributed by atoms with E-state index < -0.39 is 5.41 Å². The van der Waals surface area contributed by atoms with Gasteiger partial charge >= 0.3 is 0 Å². The smallest absolute Gasteiger partial charge is 0.161 e. The number of rotatable bonds is 2. The molecule has 0 saturated heterocycles. The maximum absolute atomic E-state index is 5.49. The van der Waals surface area contributed by atoms with Gasteiger partial charge in [-0.25, -0.2) is 9.97 Å². The molecule has 0 amide bonds. The summed E-state index contributed by atoms with van der Waals surface area (Å²) in [5.74, 6) is 0.758. The Hall–Kier alpha value is -5.90. The van der Waals surface area contributed by atoms with Gasteiger partial charge in [0, 0.05) is 31.7 Å². The fourth-order valence-corrected chi connectivity index (χ4v) is 9.99. The molecule has 48 heavy (non-hydrogen) atoms. The largest absolute Gasteiger partial charge is 0.228 e. The molecule has 0 unspecified atom stereocenters. The van der Waals surface area contributed by atoms with Crippen LogP contribution in [0.25, 0.3) is 76.0 Å². The number of benzene rings is 7. The van der Waals surface area contributed by atoms with Gasteiger partial charge in [-0.1, -0.05) is 146 Å². The third-order valence-electron chi connectivity index (χ3n) is 10.5. The molecule has 2 nitrogen and oxygen atoms in total. The van der Waals surface area contributed by atoms with E-state index in [2.05, 4.69) is 158 Å². The first-order valence-electron chi connectivity index (χ1n) is 16.4. The molecule has 2 aromatic heterocycles. The van der Waals surface area contributed by atoms with Crippen LogP contribution in [0.2, 0.25) is 0 Å². The Kier molecular flexibility index (Phi) is 5.22. The van der Waals surface area contributed by atoms with Gasteiger partial charge in [0.15, 0.2) is 5.82 Å². The highest BCUT2D eigenvalue weighted by Gasteiger charge is 2.54. The molecule has 0 radical (unpaired) electrons. The Morgan fingerprint density at radius 2 is 1.02 bits per heavy atom. The number of hydrogen-bond acceptors (Lipinski definition) is 3. The fourth-order valence-electron chi connectivity index (χ4n) is 8.65. The molecule has 0 N–H and O–H groups in total. The number of para-hydroxylation sites is 1. The highest BCUT2D eigenvalue weighted by molar-refractivity contribution is 7.22. The number of nitrogens with zero attached hydrogens (tertiary/aromatic N) is 2. The second-order valence-electron chi connectivity index (χ2n) is 12.8. The minimum absolute atomic E-state index is 0.428. The predicted octanol–water partition coefficient (Wildman–Crippen LogP) is 11.7. The molecule has 222 valence electrons. The molecule has 1 spiro atoms. The summed E-state index contributed by atoms with van der Waals surface area (Å²) in [5, 5.41) is 4.78. The van der Waals surface area contributed by atoms with Crippen LogP contribution >= 0.6 is 11.3 Å². The van der Waals surface area contributed by atoms with Crippen molar-refractivity contribution in [1.82, 2.24) is 9.97 Å². The fraction of sp³-hybridized carbons (Fsp3) is 0.0222. The summed E-state index contributed by atoms with van der Waals surface area (Å²) in [4.78, 5) is 12.1. The lowest BCUT2D eigenvalue weighted by atomic mass is 9.70. The van der Waals surface area contributed by atoms with Crippen molar-refractivity contribution in [3.05, 3.63) is 180 Å². The van der Waals surface area contributed by atoms with E-state index in [4.69, 9.17) is 9.97 Å². The Balaban J connectivity index is 1.27. The highest BCUT2D eigenvalue weighted by Crippen LogP contribution is 2.67. The Morgan fingerprint density at radius 1 is 0.438 bits per heavy atom. The van der Waals surface area contributed by atoms with Gasteiger partial charge in [0.25, 0.3) is 0 Å². The van der Waals surface area contributed by atoms with Gasteiger partial charge < -0.3 is 0 Å². The average Bonchev–Trinajstić information content (AvgIpc) is 3.78. The lowest BCUT2D eigenvalue weighted by Gasteiger charge is -2.30. The summed E-state index contributed by atoms with van der Waals surface area (Å²) < 4.78 is 1.31. The minimum atomic E-state index is -0.428. The van der Waals surface area contributed by atoms with Crippen molar-refractivity contribution in [2.75, 3.05) is 0 Å². The summed E-state index contributed by atoms with van der Waals surface area (Å²) in [7, 11) is 0. The van der Waals surface area contributed by atoms with Crippen LogP contribution in [0.5, 0.6) is 0 Å². The number of thiophene rings is 1. The van der Waals surface area contributed by atoms with Crippen molar-refractivity contribution < 1.29 is 0 Å². The van der Waals surface area contributed by atoms with Crippen LogP contribution in [0.15, 0.2) is 158 Å². The van der Waals surface area contributed by atoms with Crippen LogP contribution in [0.1, 0.15) is 22.3 Å². The number of fused-ring (bicyclic) bond motifs is 14. The normalized spacial score (nSPS) is 13.6. The third-order valence-corrected chi connectivity index (χ3v) is 11.7. The molecule has 2 heterocycles. The third kappa shape index (κ3) is 3.26. The Morgan fingerprint density at radius 3 is 1.85 bits per heavy atom. The maximum Gasteiger partial charge on any atom is 0.161 e.